The lowest BCUT2D eigenvalue weighted by Gasteiger charge is -2.31. The number of aliphatic imine (C=N–C) groups is 2. The fourth-order valence-electron chi connectivity index (χ4n) is 4.44. The number of thiol groups is 1. The molecule has 16 nitrogen and oxygen atoms in total. The molecule has 0 radical (unpaired) electrons. The number of alkyl halides is 1. The summed E-state index contributed by atoms with van der Waals surface area (Å²) in [6, 6.07) is -1.08. The summed E-state index contributed by atoms with van der Waals surface area (Å²) in [6.45, 7) is -4.55. The number of carbonyl (C=O) groups is 1. The Morgan fingerprint density at radius 3 is 2.95 bits per heavy atom. The van der Waals surface area contributed by atoms with Crippen molar-refractivity contribution < 1.29 is 36.9 Å². The maximum absolute atomic E-state index is 15.9. The number of halogens is 1. The molecule has 22 heteroatoms. The van der Waals surface area contributed by atoms with Crippen molar-refractivity contribution in [3.05, 3.63) is 18.3 Å². The highest BCUT2D eigenvalue weighted by Crippen LogP contribution is 2.54. The number of aromatic nitrogens is 4. The van der Waals surface area contributed by atoms with Crippen LogP contribution < -0.4 is 5.32 Å². The molecule has 0 aromatic carbocycles. The first-order valence-electron chi connectivity index (χ1n) is 11.5. The molecule has 2 bridgehead atoms. The summed E-state index contributed by atoms with van der Waals surface area (Å²) in [7, 11) is 0. The molecular formula is C18H20FN9O7P2S3. The number of nitrogens with one attached hydrogen (secondary N) is 2. The third-order valence-electron chi connectivity index (χ3n) is 6.18. The van der Waals surface area contributed by atoms with Crippen molar-refractivity contribution in [2.45, 2.75) is 43.8 Å². The van der Waals surface area contributed by atoms with Crippen LogP contribution in [0.25, 0.3) is 11.2 Å². The van der Waals surface area contributed by atoms with Gasteiger partial charge >= 0.3 is 6.72 Å². The van der Waals surface area contributed by atoms with E-state index in [1.54, 1.807) is 4.57 Å². The van der Waals surface area contributed by atoms with E-state index in [-0.39, 0.29) is 32.2 Å². The first-order chi connectivity index (χ1) is 19.0. The molecule has 0 spiro atoms. The molecule has 4 aliphatic heterocycles. The second-order valence-corrected chi connectivity index (χ2v) is 16.8. The zero-order valence-electron chi connectivity index (χ0n) is 20.0. The predicted molar refractivity (Wildman–Crippen MR) is 148 cm³/mol. The Morgan fingerprint density at radius 2 is 2.12 bits per heavy atom. The Bertz CT molecular complexity index is 1550. The van der Waals surface area contributed by atoms with Crippen molar-refractivity contribution >= 4 is 83.5 Å². The highest BCUT2D eigenvalue weighted by atomic mass is 32.9. The highest BCUT2D eigenvalue weighted by molar-refractivity contribution is 8.60. The van der Waals surface area contributed by atoms with Gasteiger partial charge in [-0.25, -0.2) is 19.3 Å². The van der Waals surface area contributed by atoms with Crippen molar-refractivity contribution in [2.24, 2.45) is 9.98 Å². The monoisotopic (exact) mass is 651 g/mol. The molecule has 6 heterocycles. The standard InChI is InChI=1S/C18H20FN9O7P2S3/c19-11-9-4-33-37(39,40)31-2-1-27-10(24-8-3-21-6-22-14(8)27)5-32-36(30,38)35-13(11)17(34-9)28-7-23-12-15(28)25-18(20)26-16(12)29/h3,6-7,9,11-13,17H,1-2,4-5H2,(H,30,38)(H,39,40)(H2,20,26,29)/t9-,11-,12?,13-,17-,36?/m1/s1. The van der Waals surface area contributed by atoms with Crippen LogP contribution in [0.1, 0.15) is 5.82 Å². The zero-order valence-corrected chi connectivity index (χ0v) is 24.3. The van der Waals surface area contributed by atoms with Gasteiger partial charge in [-0.2, -0.15) is 4.99 Å². The quantitative estimate of drug-likeness (QED) is 0.245. The van der Waals surface area contributed by atoms with Crippen molar-refractivity contribution in [1.82, 2.24) is 29.7 Å². The molecule has 7 atom stereocenters. The molecule has 6 rings (SSSR count). The number of carbonyl (C=O) groups excluding carboxylic acids is 1. The Labute approximate surface area is 240 Å². The highest BCUT2D eigenvalue weighted by Gasteiger charge is 2.54. The molecule has 1 fully saturated rings. The van der Waals surface area contributed by atoms with Crippen LogP contribution >= 0.6 is 24.7 Å². The number of imidazole rings is 1. The van der Waals surface area contributed by atoms with E-state index in [0.717, 1.165) is 0 Å². The number of hydrogen-bond donors (Lipinski definition) is 4. The van der Waals surface area contributed by atoms with E-state index in [9.17, 15) is 9.69 Å². The molecule has 3 N–H and O–H groups in total. The van der Waals surface area contributed by atoms with Gasteiger partial charge in [0.2, 0.25) is 11.7 Å². The maximum Gasteiger partial charge on any atom is 0.325 e. The molecule has 1 amide bonds. The van der Waals surface area contributed by atoms with Crippen LogP contribution in [0, 0.1) is 5.41 Å². The molecule has 40 heavy (non-hydrogen) atoms. The van der Waals surface area contributed by atoms with Crippen LogP contribution in [0.15, 0.2) is 22.5 Å². The van der Waals surface area contributed by atoms with Crippen molar-refractivity contribution in [3.8, 4) is 0 Å². The molecule has 214 valence electrons. The molecule has 0 aliphatic carbocycles. The second-order valence-electron chi connectivity index (χ2n) is 8.71. The van der Waals surface area contributed by atoms with Gasteiger partial charge in [0, 0.05) is 6.54 Å². The zero-order chi connectivity index (χ0) is 28.2. The van der Waals surface area contributed by atoms with Gasteiger partial charge in [-0.15, -0.1) is 0 Å². The van der Waals surface area contributed by atoms with Gasteiger partial charge < -0.3 is 27.8 Å². The van der Waals surface area contributed by atoms with Gasteiger partial charge in [-0.3, -0.25) is 29.9 Å². The summed E-state index contributed by atoms with van der Waals surface area (Å²) in [5.41, 5.74) is -2.23. The molecule has 2 aromatic rings. The fourth-order valence-corrected chi connectivity index (χ4v) is 7.34. The lowest BCUT2D eigenvalue weighted by atomic mass is 10.1. The van der Waals surface area contributed by atoms with Crippen LogP contribution in [-0.4, -0.2) is 97.2 Å². The van der Waals surface area contributed by atoms with E-state index < -0.39 is 54.9 Å². The molecule has 4 aliphatic rings. The van der Waals surface area contributed by atoms with Crippen molar-refractivity contribution in [3.63, 3.8) is 0 Å². The van der Waals surface area contributed by atoms with E-state index in [4.69, 9.17) is 51.9 Å². The van der Waals surface area contributed by atoms with Gasteiger partial charge in [-0.1, -0.05) is 12.2 Å². The topological polar surface area (TPSA) is 191 Å². The van der Waals surface area contributed by atoms with Crippen LogP contribution in [0.3, 0.4) is 0 Å². The Kier molecular flexibility index (Phi) is 7.62. The number of fused-ring (bicyclic) bond motifs is 6. The average molecular weight is 652 g/mol. The predicted octanol–water partition coefficient (Wildman–Crippen LogP) is 0.385. The Balaban J connectivity index is 1.33. The second kappa shape index (κ2) is 10.8. The molecule has 3 unspecified atom stereocenters. The average Bonchev–Trinajstić information content (AvgIpc) is 3.55. The van der Waals surface area contributed by atoms with Gasteiger partial charge in [0.25, 0.3) is 5.91 Å². The van der Waals surface area contributed by atoms with E-state index in [1.165, 1.54) is 23.8 Å². The molecule has 2 aromatic heterocycles. The number of amides is 1. The smallest absolute Gasteiger partial charge is 0.325 e. The number of hydrogen-bond acceptors (Lipinski definition) is 14. The lowest BCUT2D eigenvalue weighted by Crippen LogP contribution is -2.53. The van der Waals surface area contributed by atoms with Crippen LogP contribution in [0.5, 0.6) is 0 Å². The van der Waals surface area contributed by atoms with E-state index >= 15 is 4.39 Å². The maximum atomic E-state index is 15.9. The summed E-state index contributed by atoms with van der Waals surface area (Å²) in [6.07, 6.45) is -1.98. The Hall–Kier alpha value is -1.83. The summed E-state index contributed by atoms with van der Waals surface area (Å²) >= 11 is 15.0. The number of ether oxygens (including phenoxy) is 1. The number of guanidine groups is 1. The van der Waals surface area contributed by atoms with E-state index in [1.807, 2.05) is 0 Å². The Morgan fingerprint density at radius 1 is 1.30 bits per heavy atom. The van der Waals surface area contributed by atoms with Crippen LogP contribution in [0.4, 0.5) is 4.39 Å². The van der Waals surface area contributed by atoms with Gasteiger partial charge in [-0.05, 0) is 23.6 Å². The minimum Gasteiger partial charge on any atom is -0.346 e. The third kappa shape index (κ3) is 5.50. The normalized spacial score (nSPS) is 36.9. The summed E-state index contributed by atoms with van der Waals surface area (Å²) in [5.74, 6) is -0.685. The minimum atomic E-state index is -4.13. The lowest BCUT2D eigenvalue weighted by molar-refractivity contribution is -0.119. The van der Waals surface area contributed by atoms with Crippen LogP contribution in [-0.2, 0) is 64.4 Å². The fraction of sp³-hybridized carbons (Fsp3) is 0.500. The summed E-state index contributed by atoms with van der Waals surface area (Å²) < 4.78 is 46.1. The number of nitrogens with zero attached hydrogens (tertiary/aromatic N) is 7. The summed E-state index contributed by atoms with van der Waals surface area (Å²) in [5, 5.41) is 10.0. The third-order valence-corrected chi connectivity index (χ3v) is 10.0. The number of rotatable bonds is 1. The van der Waals surface area contributed by atoms with E-state index in [0.29, 0.717) is 17.0 Å². The van der Waals surface area contributed by atoms with Crippen molar-refractivity contribution in [2.75, 3.05) is 13.2 Å². The largest absolute Gasteiger partial charge is 0.346 e. The first kappa shape index (κ1) is 28.3. The molecule has 1 saturated heterocycles. The first-order valence-corrected chi connectivity index (χ1v) is 17.9. The summed E-state index contributed by atoms with van der Waals surface area (Å²) in [4.78, 5) is 45.3. The van der Waals surface area contributed by atoms with Crippen LogP contribution in [0.2, 0.25) is 0 Å². The SMILES string of the molecule is N=C1N=C2C(N=CN2[C@@H]2O[C@@H]3COP(=S)(S)OCCn4c(nc5cncnc54)COP(O)(=S)O[C@@H]2[C@@H]3F)C(=O)N1. The van der Waals surface area contributed by atoms with Gasteiger partial charge in [0.15, 0.2) is 29.9 Å². The van der Waals surface area contributed by atoms with Gasteiger partial charge in [0.05, 0.1) is 25.7 Å². The number of amidine groups is 1. The van der Waals surface area contributed by atoms with E-state index in [2.05, 4.69) is 42.5 Å². The van der Waals surface area contributed by atoms with Gasteiger partial charge in [0.1, 0.15) is 36.5 Å². The molecular weight excluding hydrogens is 631 g/mol. The molecule has 0 saturated carbocycles. The minimum absolute atomic E-state index is 0.0140. The van der Waals surface area contributed by atoms with Crippen molar-refractivity contribution in [1.29, 1.82) is 5.41 Å².